The zero-order valence-corrected chi connectivity index (χ0v) is 24.3. The van der Waals surface area contributed by atoms with E-state index < -0.39 is 23.6 Å². The second kappa shape index (κ2) is 12.1. The molecule has 4 heterocycles. The van der Waals surface area contributed by atoms with E-state index >= 15 is 0 Å². The number of aliphatic hydroxyl groups excluding tert-OH is 1. The highest BCUT2D eigenvalue weighted by molar-refractivity contribution is 5.90. The number of aromatic nitrogens is 4. The van der Waals surface area contributed by atoms with Gasteiger partial charge in [0.2, 0.25) is 11.8 Å². The molecule has 218 valence electrons. The monoisotopic (exact) mass is 559 g/mol. The number of amides is 2. The number of piperidine rings is 1. The minimum atomic E-state index is -0.773. The molecule has 3 N–H and O–H groups in total. The van der Waals surface area contributed by atoms with E-state index in [2.05, 4.69) is 25.9 Å². The first-order valence-electron chi connectivity index (χ1n) is 14.5. The van der Waals surface area contributed by atoms with E-state index in [1.165, 1.54) is 4.90 Å². The molecule has 0 aliphatic carbocycles. The molecule has 2 saturated heterocycles. The highest BCUT2D eigenvalue weighted by atomic mass is 16.3. The maximum absolute atomic E-state index is 14.1. The number of rotatable bonds is 7. The Morgan fingerprint density at radius 3 is 2.49 bits per heavy atom. The van der Waals surface area contributed by atoms with E-state index in [1.54, 1.807) is 10.9 Å². The number of nitrogens with one attached hydrogen (secondary N) is 2. The number of nitrogens with zero attached hydrogens (tertiary/aromatic N) is 5. The van der Waals surface area contributed by atoms with Crippen LogP contribution in [0.1, 0.15) is 76.2 Å². The topological polar surface area (TPSA) is 125 Å². The normalized spacial score (nSPS) is 21.4. The van der Waals surface area contributed by atoms with Crippen LogP contribution in [0.15, 0.2) is 55.0 Å². The van der Waals surface area contributed by atoms with Gasteiger partial charge >= 0.3 is 0 Å². The first-order chi connectivity index (χ1) is 19.6. The molecular weight excluding hydrogens is 518 g/mol. The predicted octanol–water partition coefficient (Wildman–Crippen LogP) is 3.23. The molecule has 4 atom stereocenters. The molecule has 1 aromatic carbocycles. The number of carbonyl (C=O) groups is 2. The van der Waals surface area contributed by atoms with Crippen molar-refractivity contribution in [3.63, 3.8) is 0 Å². The minimum Gasteiger partial charge on any atom is -0.391 e. The first kappa shape index (κ1) is 28.9. The summed E-state index contributed by atoms with van der Waals surface area (Å²) in [5, 5.41) is 25.8. The average Bonchev–Trinajstić information content (AvgIpc) is 3.60. The fourth-order valence-electron chi connectivity index (χ4n) is 5.96. The van der Waals surface area contributed by atoms with Crippen LogP contribution in [0.3, 0.4) is 0 Å². The average molecular weight is 560 g/mol. The molecule has 5 rings (SSSR count). The molecule has 41 heavy (non-hydrogen) atoms. The van der Waals surface area contributed by atoms with Crippen LogP contribution in [-0.4, -0.2) is 73.6 Å². The molecule has 10 heteroatoms. The summed E-state index contributed by atoms with van der Waals surface area (Å²) in [7, 11) is 0. The van der Waals surface area contributed by atoms with Gasteiger partial charge in [0, 0.05) is 37.5 Å². The number of likely N-dealkylation sites (tertiary alicyclic amines) is 1. The highest BCUT2D eigenvalue weighted by Crippen LogP contribution is 2.35. The smallest absolute Gasteiger partial charge is 0.248 e. The Balaban J connectivity index is 1.30. The van der Waals surface area contributed by atoms with E-state index in [0.717, 1.165) is 48.3 Å². The number of benzene rings is 1. The van der Waals surface area contributed by atoms with Gasteiger partial charge in [-0.15, -0.1) is 5.10 Å². The lowest BCUT2D eigenvalue weighted by Crippen LogP contribution is -2.50. The van der Waals surface area contributed by atoms with E-state index in [4.69, 9.17) is 0 Å². The molecule has 0 bridgehead atoms. The van der Waals surface area contributed by atoms with Crippen LogP contribution in [0.5, 0.6) is 0 Å². The van der Waals surface area contributed by atoms with Crippen molar-refractivity contribution in [2.24, 2.45) is 5.41 Å². The number of pyridine rings is 1. The summed E-state index contributed by atoms with van der Waals surface area (Å²) >= 11 is 0. The summed E-state index contributed by atoms with van der Waals surface area (Å²) in [5.41, 5.74) is 3.42. The fourth-order valence-corrected chi connectivity index (χ4v) is 5.96. The second-order valence-electron chi connectivity index (χ2n) is 12.4. The predicted molar refractivity (Wildman–Crippen MR) is 156 cm³/mol. The third kappa shape index (κ3) is 6.49. The Bertz CT molecular complexity index is 1330. The van der Waals surface area contributed by atoms with Gasteiger partial charge in [-0.05, 0) is 61.0 Å². The number of β-amino-alcohol motifs (C(OH)–C–C–N with tert-alkyl or cyclic N) is 1. The Labute approximate surface area is 241 Å². The third-order valence-corrected chi connectivity index (χ3v) is 8.23. The molecule has 2 fully saturated rings. The fraction of sp³-hybridized carbons (Fsp3) is 0.516. The molecule has 3 aromatic rings. The molecule has 2 aliphatic heterocycles. The Kier molecular flexibility index (Phi) is 8.51. The Hall–Kier alpha value is -3.63. The molecule has 2 aliphatic rings. The van der Waals surface area contributed by atoms with Gasteiger partial charge in [-0.3, -0.25) is 14.6 Å². The summed E-state index contributed by atoms with van der Waals surface area (Å²) in [6, 6.07) is 10.2. The zero-order chi connectivity index (χ0) is 29.1. The van der Waals surface area contributed by atoms with Crippen LogP contribution in [-0.2, 0) is 9.59 Å². The molecule has 0 spiro atoms. The van der Waals surface area contributed by atoms with Gasteiger partial charge in [-0.2, -0.15) is 0 Å². The number of hydrogen-bond donors (Lipinski definition) is 3. The van der Waals surface area contributed by atoms with Crippen LogP contribution in [0.25, 0.3) is 11.1 Å². The van der Waals surface area contributed by atoms with Gasteiger partial charge in [-0.25, -0.2) is 4.68 Å². The lowest BCUT2D eigenvalue weighted by Gasteiger charge is -2.35. The zero-order valence-electron chi connectivity index (χ0n) is 24.3. The molecule has 2 aromatic heterocycles. The maximum Gasteiger partial charge on any atom is 0.248 e. The van der Waals surface area contributed by atoms with Crippen LogP contribution >= 0.6 is 0 Å². The lowest BCUT2D eigenvalue weighted by molar-refractivity contribution is -0.144. The molecule has 0 radical (unpaired) electrons. The summed E-state index contributed by atoms with van der Waals surface area (Å²) < 4.78 is 1.66. The summed E-state index contributed by atoms with van der Waals surface area (Å²) in [6.07, 6.45) is 6.84. The van der Waals surface area contributed by atoms with Crippen LogP contribution in [0.4, 0.5) is 0 Å². The quantitative estimate of drug-likeness (QED) is 0.406. The maximum atomic E-state index is 14.1. The van der Waals surface area contributed by atoms with Gasteiger partial charge in [0.05, 0.1) is 17.8 Å². The summed E-state index contributed by atoms with van der Waals surface area (Å²) in [5.74, 6) is -0.197. The van der Waals surface area contributed by atoms with Crippen molar-refractivity contribution in [2.45, 2.75) is 77.1 Å². The van der Waals surface area contributed by atoms with Crippen molar-refractivity contribution in [3.8, 4) is 11.1 Å². The van der Waals surface area contributed by atoms with Crippen molar-refractivity contribution in [1.82, 2.24) is 35.5 Å². The van der Waals surface area contributed by atoms with Crippen molar-refractivity contribution >= 4 is 11.8 Å². The van der Waals surface area contributed by atoms with Gasteiger partial charge in [-0.1, -0.05) is 56.3 Å². The van der Waals surface area contributed by atoms with Gasteiger partial charge in [0.1, 0.15) is 12.1 Å². The molecule has 0 unspecified atom stereocenters. The number of aliphatic hydroxyl groups is 1. The lowest BCUT2D eigenvalue weighted by atomic mass is 9.85. The first-order valence-corrected chi connectivity index (χ1v) is 14.5. The standard InChI is InChI=1S/C31H41N7O3/c1-20(21-7-9-22(10-8-21)24-6-5-13-33-17-24)34-29(40)27-16-25(39)18-37(27)30(41)28(31(2,3)4)38-19-26(35-36-38)23-11-14-32-15-12-23/h5-10,13,17,19-20,23,25,27-28,32,39H,11-12,14-16,18H2,1-4H3,(H,34,40)/t20-,25+,27-,28+/m0/s1. The van der Waals surface area contributed by atoms with Crippen LogP contribution < -0.4 is 10.6 Å². The molecular formula is C31H41N7O3. The van der Waals surface area contributed by atoms with Crippen molar-refractivity contribution in [1.29, 1.82) is 0 Å². The van der Waals surface area contributed by atoms with Crippen molar-refractivity contribution in [2.75, 3.05) is 19.6 Å². The number of carbonyl (C=O) groups excluding carboxylic acids is 2. The summed E-state index contributed by atoms with van der Waals surface area (Å²) in [4.78, 5) is 33.3. The van der Waals surface area contributed by atoms with E-state index in [0.29, 0.717) is 5.92 Å². The SMILES string of the molecule is C[C@H](NC(=O)[C@@H]1C[C@@H](O)CN1C(=O)[C@@H](n1cc(C2CCNCC2)nn1)C(C)(C)C)c1ccc(-c2cccnc2)cc1. The molecule has 10 nitrogen and oxygen atoms in total. The van der Waals surface area contributed by atoms with E-state index in [-0.39, 0.29) is 30.8 Å². The van der Waals surface area contributed by atoms with Gasteiger partial charge in [0.15, 0.2) is 0 Å². The largest absolute Gasteiger partial charge is 0.391 e. The molecule has 0 saturated carbocycles. The highest BCUT2D eigenvalue weighted by Gasteiger charge is 2.45. The molecule has 2 amide bonds. The Morgan fingerprint density at radius 1 is 1.10 bits per heavy atom. The van der Waals surface area contributed by atoms with Crippen LogP contribution in [0.2, 0.25) is 0 Å². The van der Waals surface area contributed by atoms with Crippen molar-refractivity contribution < 1.29 is 14.7 Å². The van der Waals surface area contributed by atoms with Crippen LogP contribution in [0, 0.1) is 5.41 Å². The van der Waals surface area contributed by atoms with Gasteiger partial charge in [0.25, 0.3) is 0 Å². The van der Waals surface area contributed by atoms with E-state index in [1.807, 2.05) is 76.5 Å². The third-order valence-electron chi connectivity index (χ3n) is 8.23. The van der Waals surface area contributed by atoms with E-state index in [9.17, 15) is 14.7 Å². The summed E-state index contributed by atoms with van der Waals surface area (Å²) in [6.45, 7) is 9.86. The number of hydrogen-bond acceptors (Lipinski definition) is 7. The van der Waals surface area contributed by atoms with Gasteiger partial charge < -0.3 is 20.6 Å². The van der Waals surface area contributed by atoms with Crippen molar-refractivity contribution in [3.05, 3.63) is 66.2 Å². The second-order valence-corrected chi connectivity index (χ2v) is 12.4. The minimum absolute atomic E-state index is 0.105. The Morgan fingerprint density at radius 2 is 1.83 bits per heavy atom.